The third-order valence-electron chi connectivity index (χ3n) is 3.50. The van der Waals surface area contributed by atoms with Gasteiger partial charge in [0, 0.05) is 0 Å². The minimum atomic E-state index is -0.414. The molecule has 1 aliphatic rings. The normalized spacial score (nSPS) is 21.8. The van der Waals surface area contributed by atoms with E-state index in [0.717, 1.165) is 9.03 Å². The van der Waals surface area contributed by atoms with Crippen molar-refractivity contribution in [1.29, 1.82) is 0 Å². The van der Waals surface area contributed by atoms with Crippen LogP contribution in [-0.4, -0.2) is 23.4 Å². The molecule has 1 aliphatic heterocycles. The molecule has 1 aromatic carbocycles. The number of phenolic OH excluding ortho intramolecular Hbond substituents is 1. The zero-order chi connectivity index (χ0) is 12.8. The summed E-state index contributed by atoms with van der Waals surface area (Å²) in [5, 5.41) is 9.70. The van der Waals surface area contributed by atoms with Crippen molar-refractivity contribution in [3.05, 3.63) is 21.8 Å². The summed E-state index contributed by atoms with van der Waals surface area (Å²) in [6, 6.07) is 5.48. The van der Waals surface area contributed by atoms with E-state index < -0.39 is 7.12 Å². The van der Waals surface area contributed by atoms with Crippen molar-refractivity contribution in [1.82, 2.24) is 0 Å². The first-order chi connectivity index (χ1) is 7.73. The molecule has 92 valence electrons. The highest BCUT2D eigenvalue weighted by molar-refractivity contribution is 14.1. The van der Waals surface area contributed by atoms with Gasteiger partial charge in [0.1, 0.15) is 5.75 Å². The second-order valence-electron chi connectivity index (χ2n) is 5.30. The van der Waals surface area contributed by atoms with Crippen molar-refractivity contribution in [3.8, 4) is 5.75 Å². The van der Waals surface area contributed by atoms with Crippen LogP contribution in [0.25, 0.3) is 0 Å². The van der Waals surface area contributed by atoms with Gasteiger partial charge in [0.15, 0.2) is 0 Å². The van der Waals surface area contributed by atoms with Crippen molar-refractivity contribution in [3.63, 3.8) is 0 Å². The molecule has 5 heteroatoms. The lowest BCUT2D eigenvalue weighted by molar-refractivity contribution is 0.00578. The summed E-state index contributed by atoms with van der Waals surface area (Å²) in [4.78, 5) is 0. The average Bonchev–Trinajstić information content (AvgIpc) is 2.41. The first kappa shape index (κ1) is 13.2. The number of aromatic hydroxyl groups is 1. The van der Waals surface area contributed by atoms with Crippen LogP contribution in [0.4, 0.5) is 0 Å². The zero-order valence-corrected chi connectivity index (χ0v) is 12.6. The molecule has 0 amide bonds. The molecule has 17 heavy (non-hydrogen) atoms. The lowest BCUT2D eigenvalue weighted by Gasteiger charge is -2.32. The van der Waals surface area contributed by atoms with Crippen LogP contribution in [0.15, 0.2) is 18.2 Å². The van der Waals surface area contributed by atoms with E-state index in [-0.39, 0.29) is 17.0 Å². The Morgan fingerprint density at radius 2 is 1.65 bits per heavy atom. The topological polar surface area (TPSA) is 38.7 Å². The number of hydrogen-bond acceptors (Lipinski definition) is 3. The molecule has 0 bridgehead atoms. The number of rotatable bonds is 1. The van der Waals surface area contributed by atoms with E-state index in [1.54, 1.807) is 6.07 Å². The van der Waals surface area contributed by atoms with Gasteiger partial charge in [-0.3, -0.25) is 0 Å². The molecule has 0 unspecified atom stereocenters. The van der Waals surface area contributed by atoms with Gasteiger partial charge in [-0.15, -0.1) is 0 Å². The summed E-state index contributed by atoms with van der Waals surface area (Å²) in [6.07, 6.45) is 0. The van der Waals surface area contributed by atoms with Crippen molar-refractivity contribution >= 4 is 35.2 Å². The molecule has 1 heterocycles. The number of benzene rings is 1. The van der Waals surface area contributed by atoms with Gasteiger partial charge in [0.2, 0.25) is 0 Å². The minimum Gasteiger partial charge on any atom is -0.507 e. The number of hydrogen-bond donors (Lipinski definition) is 1. The number of phenols is 1. The van der Waals surface area contributed by atoms with Crippen molar-refractivity contribution in [2.45, 2.75) is 38.9 Å². The van der Waals surface area contributed by atoms with Crippen molar-refractivity contribution in [2.75, 3.05) is 0 Å². The standard InChI is InChI=1S/C12H16BIO3/c1-11(2)12(3,4)17-13(16-11)8-5-6-9(14)10(15)7-8/h5-7,15H,1-4H3. The van der Waals surface area contributed by atoms with E-state index in [0.29, 0.717) is 0 Å². The van der Waals surface area contributed by atoms with Gasteiger partial charge >= 0.3 is 7.12 Å². The van der Waals surface area contributed by atoms with Crippen molar-refractivity contribution in [2.24, 2.45) is 0 Å². The van der Waals surface area contributed by atoms with E-state index in [9.17, 15) is 5.11 Å². The fraction of sp³-hybridized carbons (Fsp3) is 0.500. The van der Waals surface area contributed by atoms with Gasteiger partial charge in [0.05, 0.1) is 14.8 Å². The fourth-order valence-corrected chi connectivity index (χ4v) is 1.99. The highest BCUT2D eigenvalue weighted by Gasteiger charge is 2.51. The maximum absolute atomic E-state index is 9.70. The largest absolute Gasteiger partial charge is 0.507 e. The zero-order valence-electron chi connectivity index (χ0n) is 10.5. The maximum atomic E-state index is 9.70. The van der Waals surface area contributed by atoms with Gasteiger partial charge in [-0.25, -0.2) is 0 Å². The summed E-state index contributed by atoms with van der Waals surface area (Å²) < 4.78 is 12.6. The molecular weight excluding hydrogens is 330 g/mol. The molecule has 0 radical (unpaired) electrons. The van der Waals surface area contributed by atoms with Crippen LogP contribution in [0.5, 0.6) is 5.75 Å². The van der Waals surface area contributed by atoms with Gasteiger partial charge in [0.25, 0.3) is 0 Å². The highest BCUT2D eigenvalue weighted by Crippen LogP contribution is 2.36. The Labute approximate surface area is 116 Å². The summed E-state index contributed by atoms with van der Waals surface area (Å²) in [6.45, 7) is 8.05. The van der Waals surface area contributed by atoms with Crippen molar-refractivity contribution < 1.29 is 14.4 Å². The Balaban J connectivity index is 2.29. The smallest absolute Gasteiger partial charge is 0.494 e. The summed E-state index contributed by atoms with van der Waals surface area (Å²) in [5.41, 5.74) is 0.147. The Morgan fingerprint density at radius 3 is 2.12 bits per heavy atom. The van der Waals surface area contributed by atoms with Crippen LogP contribution in [0, 0.1) is 3.57 Å². The van der Waals surface area contributed by atoms with Gasteiger partial charge in [-0.2, -0.15) is 0 Å². The number of halogens is 1. The average molecular weight is 346 g/mol. The van der Waals surface area contributed by atoms with Crippen LogP contribution in [-0.2, 0) is 9.31 Å². The van der Waals surface area contributed by atoms with Gasteiger partial charge in [-0.1, -0.05) is 6.07 Å². The van der Waals surface area contributed by atoms with Gasteiger partial charge in [-0.05, 0) is 67.9 Å². The first-order valence-corrected chi connectivity index (χ1v) is 6.65. The highest BCUT2D eigenvalue weighted by atomic mass is 127. The summed E-state index contributed by atoms with van der Waals surface area (Å²) >= 11 is 2.09. The predicted octanol–water partition coefficient (Wildman–Crippen LogP) is 2.30. The molecule has 1 saturated heterocycles. The molecule has 2 rings (SSSR count). The summed E-state index contributed by atoms with van der Waals surface area (Å²) in [7, 11) is -0.414. The van der Waals surface area contributed by atoms with Crippen LogP contribution in [0.2, 0.25) is 0 Å². The SMILES string of the molecule is CC1(C)OB(c2ccc(I)c(O)c2)OC1(C)C. The maximum Gasteiger partial charge on any atom is 0.494 e. The minimum absolute atomic E-state index is 0.262. The molecule has 1 fully saturated rings. The van der Waals surface area contributed by atoms with Crippen LogP contribution in [0.1, 0.15) is 27.7 Å². The molecule has 0 aliphatic carbocycles. The van der Waals surface area contributed by atoms with E-state index >= 15 is 0 Å². The van der Waals surface area contributed by atoms with Gasteiger partial charge < -0.3 is 14.4 Å². The molecule has 3 nitrogen and oxygen atoms in total. The van der Waals surface area contributed by atoms with E-state index in [4.69, 9.17) is 9.31 Å². The Morgan fingerprint density at radius 1 is 1.12 bits per heavy atom. The lowest BCUT2D eigenvalue weighted by Crippen LogP contribution is -2.41. The molecule has 1 N–H and O–H groups in total. The van der Waals surface area contributed by atoms with Crippen LogP contribution < -0.4 is 5.46 Å². The molecule has 0 aromatic heterocycles. The predicted molar refractivity (Wildman–Crippen MR) is 76.5 cm³/mol. The molecular formula is C12H16BIO3. The monoisotopic (exact) mass is 346 g/mol. The lowest BCUT2D eigenvalue weighted by atomic mass is 9.79. The van der Waals surface area contributed by atoms with E-state index in [2.05, 4.69) is 22.6 Å². The van der Waals surface area contributed by atoms with Crippen LogP contribution >= 0.6 is 22.6 Å². The fourth-order valence-electron chi connectivity index (χ4n) is 1.66. The Hall–Kier alpha value is -0.265. The second kappa shape index (κ2) is 4.14. The third-order valence-corrected chi connectivity index (χ3v) is 4.41. The Bertz CT molecular complexity index is 429. The molecule has 0 atom stereocenters. The van der Waals surface area contributed by atoms with E-state index in [1.165, 1.54) is 0 Å². The third kappa shape index (κ3) is 2.32. The first-order valence-electron chi connectivity index (χ1n) is 5.57. The quantitative estimate of drug-likeness (QED) is 0.627. The summed E-state index contributed by atoms with van der Waals surface area (Å²) in [5.74, 6) is 0.262. The molecule has 1 aromatic rings. The Kier molecular flexibility index (Phi) is 3.21. The van der Waals surface area contributed by atoms with Crippen LogP contribution in [0.3, 0.4) is 0 Å². The second-order valence-corrected chi connectivity index (χ2v) is 6.46. The van der Waals surface area contributed by atoms with E-state index in [1.807, 2.05) is 39.8 Å². The molecule has 0 spiro atoms. The molecule has 0 saturated carbocycles.